The summed E-state index contributed by atoms with van der Waals surface area (Å²) in [5, 5.41) is 21.7. The van der Waals surface area contributed by atoms with Crippen molar-refractivity contribution in [1.29, 1.82) is 5.26 Å². The topological polar surface area (TPSA) is 102 Å². The molecule has 0 aromatic heterocycles. The maximum atomic E-state index is 11.2. The van der Waals surface area contributed by atoms with Gasteiger partial charge in [0.05, 0.1) is 12.5 Å². The van der Waals surface area contributed by atoms with Crippen LogP contribution in [0.15, 0.2) is 24.3 Å². The molecule has 0 radical (unpaired) electrons. The van der Waals surface area contributed by atoms with Crippen LogP contribution in [0.2, 0.25) is 0 Å². The molecule has 0 aliphatic heterocycles. The molecule has 17 heavy (non-hydrogen) atoms. The third kappa shape index (κ3) is 4.66. The van der Waals surface area contributed by atoms with E-state index in [9.17, 15) is 9.59 Å². The third-order valence-electron chi connectivity index (χ3n) is 1.90. The Balaban J connectivity index is 2.53. The Morgan fingerprint density at radius 1 is 1.29 bits per heavy atom. The monoisotopic (exact) mass is 233 g/mol. The van der Waals surface area contributed by atoms with Crippen LogP contribution in [0.5, 0.6) is 0 Å². The van der Waals surface area contributed by atoms with E-state index in [1.807, 2.05) is 0 Å². The summed E-state index contributed by atoms with van der Waals surface area (Å²) >= 11 is 0. The zero-order valence-electron chi connectivity index (χ0n) is 8.93. The molecular formula is C11H11N3O3. The summed E-state index contributed by atoms with van der Waals surface area (Å²) in [6.45, 7) is -0.0665. The summed E-state index contributed by atoms with van der Waals surface area (Å²) in [5.74, 6) is -0.905. The van der Waals surface area contributed by atoms with Crippen molar-refractivity contribution in [3.8, 4) is 6.07 Å². The number of benzene rings is 1. The molecule has 0 aliphatic rings. The second-order valence-electron chi connectivity index (χ2n) is 3.23. The molecule has 6 heteroatoms. The van der Waals surface area contributed by atoms with Crippen molar-refractivity contribution < 1.29 is 14.7 Å². The van der Waals surface area contributed by atoms with Gasteiger partial charge in [0.1, 0.15) is 6.54 Å². The zero-order chi connectivity index (χ0) is 12.7. The fourth-order valence-corrected chi connectivity index (χ4v) is 1.18. The van der Waals surface area contributed by atoms with Crippen LogP contribution in [-0.2, 0) is 11.2 Å². The molecule has 0 saturated carbocycles. The van der Waals surface area contributed by atoms with Crippen LogP contribution in [0.1, 0.15) is 5.56 Å². The third-order valence-corrected chi connectivity index (χ3v) is 1.90. The van der Waals surface area contributed by atoms with Crippen LogP contribution in [-0.4, -0.2) is 23.7 Å². The summed E-state index contributed by atoms with van der Waals surface area (Å²) in [7, 11) is 0. The van der Waals surface area contributed by atoms with Gasteiger partial charge in [-0.25, -0.2) is 4.79 Å². The number of urea groups is 1. The standard InChI is InChI=1S/C11H11N3O3/c12-5-6-13-11(17)14-9-3-1-8(2-4-9)7-10(15)16/h1-4H,6-7H2,(H,15,16)(H2,13,14,17). The maximum Gasteiger partial charge on any atom is 0.320 e. The Hall–Kier alpha value is -2.55. The van der Waals surface area contributed by atoms with Crippen LogP contribution in [0.25, 0.3) is 0 Å². The number of rotatable bonds is 4. The van der Waals surface area contributed by atoms with Gasteiger partial charge in [0.15, 0.2) is 0 Å². The van der Waals surface area contributed by atoms with E-state index in [1.165, 1.54) is 0 Å². The molecule has 0 unspecified atom stereocenters. The van der Waals surface area contributed by atoms with Crippen molar-refractivity contribution in [2.45, 2.75) is 6.42 Å². The Kier molecular flexibility index (Phi) is 4.51. The Morgan fingerprint density at radius 3 is 2.47 bits per heavy atom. The molecule has 0 atom stereocenters. The second-order valence-corrected chi connectivity index (χ2v) is 3.23. The van der Waals surface area contributed by atoms with Gasteiger partial charge in [-0.3, -0.25) is 4.79 Å². The minimum atomic E-state index is -0.905. The van der Waals surface area contributed by atoms with Gasteiger partial charge in [-0.2, -0.15) is 5.26 Å². The van der Waals surface area contributed by atoms with Crippen molar-refractivity contribution in [3.63, 3.8) is 0 Å². The van der Waals surface area contributed by atoms with Crippen molar-refractivity contribution >= 4 is 17.7 Å². The fraction of sp³-hybridized carbons (Fsp3) is 0.182. The van der Waals surface area contributed by atoms with Gasteiger partial charge < -0.3 is 15.7 Å². The molecule has 0 spiro atoms. The lowest BCUT2D eigenvalue weighted by molar-refractivity contribution is -0.136. The Labute approximate surface area is 97.9 Å². The van der Waals surface area contributed by atoms with E-state index in [0.29, 0.717) is 11.3 Å². The zero-order valence-corrected chi connectivity index (χ0v) is 8.93. The normalized spacial score (nSPS) is 9.12. The largest absolute Gasteiger partial charge is 0.481 e. The van der Waals surface area contributed by atoms with E-state index in [0.717, 1.165) is 0 Å². The minimum absolute atomic E-state index is 0.0547. The van der Waals surface area contributed by atoms with Gasteiger partial charge in [0, 0.05) is 5.69 Å². The van der Waals surface area contributed by atoms with Crippen LogP contribution in [0, 0.1) is 11.3 Å². The van der Waals surface area contributed by atoms with Gasteiger partial charge >= 0.3 is 12.0 Å². The van der Waals surface area contributed by atoms with E-state index < -0.39 is 12.0 Å². The number of hydrogen-bond donors (Lipinski definition) is 3. The number of hydrogen-bond acceptors (Lipinski definition) is 3. The maximum absolute atomic E-state index is 11.2. The molecule has 0 saturated heterocycles. The number of nitrogens with one attached hydrogen (secondary N) is 2. The van der Waals surface area contributed by atoms with Crippen LogP contribution >= 0.6 is 0 Å². The van der Waals surface area contributed by atoms with Crippen LogP contribution < -0.4 is 10.6 Å². The lowest BCUT2D eigenvalue weighted by Gasteiger charge is -2.05. The molecule has 88 valence electrons. The predicted molar refractivity (Wildman–Crippen MR) is 60.4 cm³/mol. The van der Waals surface area contributed by atoms with Gasteiger partial charge in [0.2, 0.25) is 0 Å². The molecular weight excluding hydrogens is 222 g/mol. The summed E-state index contributed by atoms with van der Waals surface area (Å²) in [4.78, 5) is 21.6. The molecule has 2 amide bonds. The molecule has 6 nitrogen and oxygen atoms in total. The fourth-order valence-electron chi connectivity index (χ4n) is 1.18. The van der Waals surface area contributed by atoms with Crippen molar-refractivity contribution in [2.75, 3.05) is 11.9 Å². The first-order chi connectivity index (χ1) is 8.11. The van der Waals surface area contributed by atoms with Crippen molar-refractivity contribution in [3.05, 3.63) is 29.8 Å². The number of anilines is 1. The van der Waals surface area contributed by atoms with E-state index in [4.69, 9.17) is 10.4 Å². The van der Waals surface area contributed by atoms with Gasteiger partial charge in [0.25, 0.3) is 0 Å². The molecule has 0 heterocycles. The molecule has 1 aromatic rings. The number of carbonyl (C=O) groups excluding carboxylic acids is 1. The molecule has 1 rings (SSSR count). The Morgan fingerprint density at radius 2 is 1.94 bits per heavy atom. The van der Waals surface area contributed by atoms with Gasteiger partial charge in [-0.1, -0.05) is 12.1 Å². The summed E-state index contributed by atoms with van der Waals surface area (Å²) in [6, 6.07) is 7.74. The number of nitriles is 1. The first kappa shape index (κ1) is 12.5. The number of carbonyl (C=O) groups is 2. The average molecular weight is 233 g/mol. The average Bonchev–Trinajstić information content (AvgIpc) is 2.28. The summed E-state index contributed by atoms with van der Waals surface area (Å²) < 4.78 is 0. The highest BCUT2D eigenvalue weighted by atomic mass is 16.4. The number of carboxylic acid groups (broad SMARTS) is 1. The molecule has 0 aliphatic carbocycles. The van der Waals surface area contributed by atoms with Crippen molar-refractivity contribution in [1.82, 2.24) is 5.32 Å². The SMILES string of the molecule is N#CCNC(=O)Nc1ccc(CC(=O)O)cc1. The molecule has 1 aromatic carbocycles. The van der Waals surface area contributed by atoms with Crippen LogP contribution in [0.4, 0.5) is 10.5 Å². The first-order valence-corrected chi connectivity index (χ1v) is 4.84. The molecule has 0 bridgehead atoms. The number of aliphatic carboxylic acids is 1. The van der Waals surface area contributed by atoms with Gasteiger partial charge in [-0.15, -0.1) is 0 Å². The van der Waals surface area contributed by atoms with Crippen molar-refractivity contribution in [2.24, 2.45) is 0 Å². The second kappa shape index (κ2) is 6.12. The highest BCUT2D eigenvalue weighted by Crippen LogP contribution is 2.09. The van der Waals surface area contributed by atoms with Gasteiger partial charge in [-0.05, 0) is 17.7 Å². The van der Waals surface area contributed by atoms with Crippen LogP contribution in [0.3, 0.4) is 0 Å². The summed E-state index contributed by atoms with van der Waals surface area (Å²) in [6.07, 6.45) is -0.0547. The highest BCUT2D eigenvalue weighted by Gasteiger charge is 2.02. The van der Waals surface area contributed by atoms with E-state index in [-0.39, 0.29) is 13.0 Å². The number of carboxylic acids is 1. The Bertz CT molecular complexity index is 448. The van der Waals surface area contributed by atoms with E-state index in [1.54, 1.807) is 30.3 Å². The number of nitrogens with zero attached hydrogens (tertiary/aromatic N) is 1. The first-order valence-electron chi connectivity index (χ1n) is 4.84. The van der Waals surface area contributed by atoms with E-state index >= 15 is 0 Å². The molecule has 3 N–H and O–H groups in total. The highest BCUT2D eigenvalue weighted by molar-refractivity contribution is 5.89. The lowest BCUT2D eigenvalue weighted by atomic mass is 10.1. The lowest BCUT2D eigenvalue weighted by Crippen LogP contribution is -2.28. The van der Waals surface area contributed by atoms with E-state index in [2.05, 4.69) is 10.6 Å². The summed E-state index contributed by atoms with van der Waals surface area (Å²) in [5.41, 5.74) is 1.19. The predicted octanol–water partition coefficient (Wildman–Crippen LogP) is 0.959. The molecule has 0 fully saturated rings. The quantitative estimate of drug-likeness (QED) is 0.674. The minimum Gasteiger partial charge on any atom is -0.481 e. The number of amides is 2. The smallest absolute Gasteiger partial charge is 0.320 e.